The van der Waals surface area contributed by atoms with E-state index in [1.165, 1.54) is 0 Å². The van der Waals surface area contributed by atoms with E-state index >= 15 is 0 Å². The van der Waals surface area contributed by atoms with Gasteiger partial charge in [0.2, 0.25) is 0 Å². The molecule has 0 aromatic heterocycles. The Morgan fingerprint density at radius 2 is 2.23 bits per heavy atom. The number of ether oxygens (including phenoxy) is 1. The SMILES string of the molecule is CNCc1c(Br)cc(Cl)cc1OC. The van der Waals surface area contributed by atoms with E-state index in [0.29, 0.717) is 5.02 Å². The molecular formula is C9H11BrClNO. The van der Waals surface area contributed by atoms with Crippen LogP contribution in [0.15, 0.2) is 16.6 Å². The number of methoxy groups -OCH3 is 1. The Kier molecular flexibility index (Phi) is 4.03. The Bertz CT molecular complexity index is 304. The van der Waals surface area contributed by atoms with Crippen molar-refractivity contribution in [2.24, 2.45) is 0 Å². The van der Waals surface area contributed by atoms with Gasteiger partial charge in [0, 0.05) is 21.6 Å². The average molecular weight is 265 g/mol. The number of hydrogen-bond donors (Lipinski definition) is 1. The predicted octanol–water partition coefficient (Wildman–Crippen LogP) is 2.83. The van der Waals surface area contributed by atoms with E-state index in [-0.39, 0.29) is 0 Å². The fraction of sp³-hybridized carbons (Fsp3) is 0.333. The van der Waals surface area contributed by atoms with Crippen LogP contribution in [0.2, 0.25) is 5.02 Å². The number of rotatable bonds is 3. The highest BCUT2D eigenvalue weighted by Gasteiger charge is 2.07. The van der Waals surface area contributed by atoms with Crippen molar-refractivity contribution in [2.45, 2.75) is 6.54 Å². The van der Waals surface area contributed by atoms with Gasteiger partial charge in [0.1, 0.15) is 5.75 Å². The van der Waals surface area contributed by atoms with E-state index in [1.807, 2.05) is 13.1 Å². The summed E-state index contributed by atoms with van der Waals surface area (Å²) in [6.07, 6.45) is 0. The molecule has 0 heterocycles. The van der Waals surface area contributed by atoms with Crippen molar-refractivity contribution in [1.29, 1.82) is 0 Å². The van der Waals surface area contributed by atoms with Gasteiger partial charge in [0.05, 0.1) is 7.11 Å². The van der Waals surface area contributed by atoms with Crippen LogP contribution in [0.25, 0.3) is 0 Å². The molecule has 2 nitrogen and oxygen atoms in total. The third kappa shape index (κ3) is 2.59. The number of halogens is 2. The molecule has 0 fully saturated rings. The van der Waals surface area contributed by atoms with Gasteiger partial charge in [-0.15, -0.1) is 0 Å². The highest BCUT2D eigenvalue weighted by molar-refractivity contribution is 9.10. The maximum Gasteiger partial charge on any atom is 0.125 e. The lowest BCUT2D eigenvalue weighted by Crippen LogP contribution is -2.07. The van der Waals surface area contributed by atoms with Crippen molar-refractivity contribution in [3.8, 4) is 5.75 Å². The molecule has 0 aliphatic rings. The van der Waals surface area contributed by atoms with Crippen molar-refractivity contribution in [3.05, 3.63) is 27.2 Å². The van der Waals surface area contributed by atoms with Gasteiger partial charge in [-0.3, -0.25) is 0 Å². The lowest BCUT2D eigenvalue weighted by molar-refractivity contribution is 0.408. The molecule has 4 heteroatoms. The van der Waals surface area contributed by atoms with E-state index in [2.05, 4.69) is 21.2 Å². The molecule has 0 saturated carbocycles. The summed E-state index contributed by atoms with van der Waals surface area (Å²) < 4.78 is 6.17. The van der Waals surface area contributed by atoms with Crippen molar-refractivity contribution in [3.63, 3.8) is 0 Å². The van der Waals surface area contributed by atoms with Crippen molar-refractivity contribution >= 4 is 27.5 Å². The van der Waals surface area contributed by atoms with Crippen LogP contribution < -0.4 is 10.1 Å². The fourth-order valence-electron chi connectivity index (χ4n) is 1.11. The molecule has 0 saturated heterocycles. The van der Waals surface area contributed by atoms with Gasteiger partial charge in [-0.1, -0.05) is 27.5 Å². The minimum atomic E-state index is 0.670. The minimum absolute atomic E-state index is 0.670. The second-order valence-electron chi connectivity index (χ2n) is 2.60. The summed E-state index contributed by atoms with van der Waals surface area (Å²) in [7, 11) is 3.53. The van der Waals surface area contributed by atoms with Crippen LogP contribution >= 0.6 is 27.5 Å². The van der Waals surface area contributed by atoms with Crippen LogP contribution in [0.1, 0.15) is 5.56 Å². The van der Waals surface area contributed by atoms with Crippen molar-refractivity contribution in [1.82, 2.24) is 5.32 Å². The van der Waals surface area contributed by atoms with E-state index in [9.17, 15) is 0 Å². The van der Waals surface area contributed by atoms with Crippen molar-refractivity contribution < 1.29 is 4.74 Å². The Balaban J connectivity index is 3.13. The molecule has 0 radical (unpaired) electrons. The third-order valence-corrected chi connectivity index (χ3v) is 2.62. The first-order chi connectivity index (χ1) is 6.19. The summed E-state index contributed by atoms with van der Waals surface area (Å²) in [5.41, 5.74) is 1.08. The molecule has 0 unspecified atom stereocenters. The molecule has 1 N–H and O–H groups in total. The van der Waals surface area contributed by atoms with Crippen LogP contribution in [0, 0.1) is 0 Å². The van der Waals surface area contributed by atoms with E-state index in [1.54, 1.807) is 13.2 Å². The smallest absolute Gasteiger partial charge is 0.125 e. The molecule has 0 spiro atoms. The zero-order valence-electron chi connectivity index (χ0n) is 7.53. The molecule has 0 aliphatic carbocycles. The standard InChI is InChI=1S/C9H11BrClNO/c1-12-5-7-8(10)3-6(11)4-9(7)13-2/h3-4,12H,5H2,1-2H3. The molecule has 0 aliphatic heterocycles. The second-order valence-corrected chi connectivity index (χ2v) is 3.89. The largest absolute Gasteiger partial charge is 0.496 e. The average Bonchev–Trinajstić information content (AvgIpc) is 2.09. The van der Waals surface area contributed by atoms with Gasteiger partial charge in [-0.05, 0) is 19.2 Å². The topological polar surface area (TPSA) is 21.3 Å². The lowest BCUT2D eigenvalue weighted by atomic mass is 10.2. The van der Waals surface area contributed by atoms with Gasteiger partial charge < -0.3 is 10.1 Å². The summed E-state index contributed by atoms with van der Waals surface area (Å²) in [4.78, 5) is 0. The van der Waals surface area contributed by atoms with E-state index in [4.69, 9.17) is 16.3 Å². The van der Waals surface area contributed by atoms with Gasteiger partial charge in [-0.2, -0.15) is 0 Å². The Labute approximate surface area is 91.4 Å². The van der Waals surface area contributed by atoms with Crippen LogP contribution in [-0.4, -0.2) is 14.2 Å². The Morgan fingerprint density at radius 1 is 1.54 bits per heavy atom. The zero-order chi connectivity index (χ0) is 9.84. The molecule has 1 aromatic rings. The first-order valence-corrected chi connectivity index (χ1v) is 5.02. The Hall–Kier alpha value is -0.250. The van der Waals surface area contributed by atoms with Crippen LogP contribution in [0.5, 0.6) is 5.75 Å². The highest BCUT2D eigenvalue weighted by Crippen LogP contribution is 2.30. The Morgan fingerprint density at radius 3 is 2.77 bits per heavy atom. The molecule has 0 bridgehead atoms. The summed E-state index contributed by atoms with van der Waals surface area (Å²) in [5.74, 6) is 0.800. The number of hydrogen-bond acceptors (Lipinski definition) is 2. The zero-order valence-corrected chi connectivity index (χ0v) is 9.87. The van der Waals surface area contributed by atoms with Crippen molar-refractivity contribution in [2.75, 3.05) is 14.2 Å². The van der Waals surface area contributed by atoms with E-state index in [0.717, 1.165) is 22.3 Å². The summed E-state index contributed by atoms with van der Waals surface area (Å²) in [6.45, 7) is 0.751. The molecule has 1 rings (SSSR count). The first-order valence-electron chi connectivity index (χ1n) is 3.85. The van der Waals surface area contributed by atoms with Gasteiger partial charge in [0.15, 0.2) is 0 Å². The number of benzene rings is 1. The number of nitrogens with one attached hydrogen (secondary N) is 1. The third-order valence-electron chi connectivity index (χ3n) is 1.69. The minimum Gasteiger partial charge on any atom is -0.496 e. The summed E-state index contributed by atoms with van der Waals surface area (Å²) in [6, 6.07) is 3.66. The monoisotopic (exact) mass is 263 g/mol. The maximum absolute atomic E-state index is 5.87. The van der Waals surface area contributed by atoms with Crippen LogP contribution in [0.3, 0.4) is 0 Å². The van der Waals surface area contributed by atoms with Gasteiger partial charge >= 0.3 is 0 Å². The van der Waals surface area contributed by atoms with Crippen LogP contribution in [-0.2, 0) is 6.54 Å². The first kappa shape index (κ1) is 10.8. The van der Waals surface area contributed by atoms with Gasteiger partial charge in [0.25, 0.3) is 0 Å². The maximum atomic E-state index is 5.87. The molecule has 1 aromatic carbocycles. The predicted molar refractivity (Wildman–Crippen MR) is 58.5 cm³/mol. The lowest BCUT2D eigenvalue weighted by Gasteiger charge is -2.10. The quantitative estimate of drug-likeness (QED) is 0.906. The molecule has 13 heavy (non-hydrogen) atoms. The second kappa shape index (κ2) is 4.84. The summed E-state index contributed by atoms with van der Waals surface area (Å²) in [5, 5.41) is 3.74. The van der Waals surface area contributed by atoms with E-state index < -0.39 is 0 Å². The molecule has 0 atom stereocenters. The fourth-order valence-corrected chi connectivity index (χ4v) is 2.03. The summed E-state index contributed by atoms with van der Waals surface area (Å²) >= 11 is 9.31. The molecular weight excluding hydrogens is 253 g/mol. The van der Waals surface area contributed by atoms with Gasteiger partial charge in [-0.25, -0.2) is 0 Å². The highest BCUT2D eigenvalue weighted by atomic mass is 79.9. The normalized spacial score (nSPS) is 10.2. The molecule has 0 amide bonds. The van der Waals surface area contributed by atoms with Crippen LogP contribution in [0.4, 0.5) is 0 Å². The molecule has 72 valence electrons.